The molecular weight excluding hydrogens is 259 g/mol. The Hall–Kier alpha value is -0.750. The molecule has 0 bridgehead atoms. The fraction of sp³-hybridized carbons (Fsp3) is 0.455. The van der Waals surface area contributed by atoms with E-state index < -0.39 is 20.5 Å². The molecule has 1 aromatic rings. The second kappa shape index (κ2) is 7.63. The zero-order chi connectivity index (χ0) is 13.4. The van der Waals surface area contributed by atoms with E-state index in [2.05, 4.69) is 4.52 Å². The molecule has 0 fully saturated rings. The van der Waals surface area contributed by atoms with Crippen LogP contribution in [0.5, 0.6) is 0 Å². The maximum Gasteiger partial charge on any atom is 0.469 e. The van der Waals surface area contributed by atoms with Gasteiger partial charge >= 0.3 is 7.82 Å². The normalized spacial score (nSPS) is 13.5. The molecule has 1 unspecified atom stereocenters. The van der Waals surface area contributed by atoms with E-state index in [0.29, 0.717) is 13.2 Å². The zero-order valence-corrected chi connectivity index (χ0v) is 10.7. The maximum absolute atomic E-state index is 10.4. The van der Waals surface area contributed by atoms with Crippen LogP contribution in [0.2, 0.25) is 0 Å². The van der Waals surface area contributed by atoms with Crippen LogP contribution in [-0.2, 0) is 20.4 Å². The van der Waals surface area contributed by atoms with Crippen molar-refractivity contribution in [3.8, 4) is 0 Å². The Labute approximate surface area is 105 Å². The lowest BCUT2D eigenvalue weighted by molar-refractivity contribution is 0.0411. The largest absolute Gasteiger partial charge is 0.469 e. The molecule has 0 aromatic heterocycles. The summed E-state index contributed by atoms with van der Waals surface area (Å²) in [4.78, 5) is 16.9. The molecule has 0 amide bonds. The fourth-order valence-corrected chi connectivity index (χ4v) is 1.62. The summed E-state index contributed by atoms with van der Waals surface area (Å²) in [6, 6.07) is 9.57. The molecule has 0 saturated carbocycles. The smallest absolute Gasteiger partial charge is 0.391 e. The van der Waals surface area contributed by atoms with Crippen molar-refractivity contribution in [3.05, 3.63) is 35.9 Å². The summed E-state index contributed by atoms with van der Waals surface area (Å²) in [5.41, 5.74) is 1.03. The van der Waals surface area contributed by atoms with Crippen molar-refractivity contribution in [2.45, 2.75) is 19.1 Å². The second-order valence-corrected chi connectivity index (χ2v) is 5.01. The summed E-state index contributed by atoms with van der Waals surface area (Å²) < 4.78 is 19.9. The molecule has 0 aliphatic heterocycles. The van der Waals surface area contributed by atoms with Crippen LogP contribution < -0.4 is 0 Å². The third-order valence-electron chi connectivity index (χ3n) is 2.14. The van der Waals surface area contributed by atoms with Crippen LogP contribution in [0.1, 0.15) is 12.0 Å². The summed E-state index contributed by atoms with van der Waals surface area (Å²) in [5.74, 6) is 0. The monoisotopic (exact) mass is 276 g/mol. The van der Waals surface area contributed by atoms with Crippen LogP contribution in [0.3, 0.4) is 0 Å². The predicted octanol–water partition coefficient (Wildman–Crippen LogP) is 1.06. The van der Waals surface area contributed by atoms with Crippen LogP contribution in [-0.4, -0.2) is 34.2 Å². The predicted molar refractivity (Wildman–Crippen MR) is 64.7 cm³/mol. The summed E-state index contributed by atoms with van der Waals surface area (Å²) in [6.07, 6.45) is -0.694. The van der Waals surface area contributed by atoms with Gasteiger partial charge in [0.2, 0.25) is 0 Å². The first-order valence-electron chi connectivity index (χ1n) is 5.47. The van der Waals surface area contributed by atoms with E-state index in [1.54, 1.807) is 0 Å². The Balaban J connectivity index is 2.09. The number of rotatable bonds is 8. The molecule has 1 rings (SSSR count). The van der Waals surface area contributed by atoms with Crippen molar-refractivity contribution in [2.24, 2.45) is 0 Å². The van der Waals surface area contributed by atoms with Gasteiger partial charge in [0.25, 0.3) is 0 Å². The van der Waals surface area contributed by atoms with E-state index in [0.717, 1.165) is 5.56 Å². The van der Waals surface area contributed by atoms with Crippen LogP contribution in [0.4, 0.5) is 0 Å². The molecule has 0 radical (unpaired) electrons. The van der Waals surface area contributed by atoms with E-state index in [4.69, 9.17) is 14.5 Å². The van der Waals surface area contributed by atoms with E-state index in [1.807, 2.05) is 30.3 Å². The van der Waals surface area contributed by atoms with Gasteiger partial charge in [-0.25, -0.2) is 4.57 Å². The van der Waals surface area contributed by atoms with Crippen LogP contribution >= 0.6 is 7.82 Å². The first-order valence-corrected chi connectivity index (χ1v) is 7.00. The van der Waals surface area contributed by atoms with Gasteiger partial charge in [0.05, 0.1) is 19.3 Å². The van der Waals surface area contributed by atoms with Gasteiger partial charge in [-0.1, -0.05) is 30.3 Å². The number of hydrogen-bond donors (Lipinski definition) is 3. The lowest BCUT2D eigenvalue weighted by atomic mass is 10.2. The Kier molecular flexibility index (Phi) is 6.49. The standard InChI is InChI=1S/C11H17O6P/c12-11(9-17-18(13,14)15)6-7-16-8-10-4-2-1-3-5-10/h1-5,11-12H,6-9H2,(H2,13,14,15). The van der Waals surface area contributed by atoms with Crippen molar-refractivity contribution in [2.75, 3.05) is 13.2 Å². The quantitative estimate of drug-likeness (QED) is 0.485. The molecule has 0 spiro atoms. The molecule has 0 heterocycles. The molecule has 1 atom stereocenters. The first kappa shape index (κ1) is 15.3. The number of aliphatic hydroxyl groups is 1. The Morgan fingerprint density at radius 1 is 1.22 bits per heavy atom. The van der Waals surface area contributed by atoms with Crippen LogP contribution in [0, 0.1) is 0 Å². The van der Waals surface area contributed by atoms with E-state index in [-0.39, 0.29) is 6.42 Å². The topological polar surface area (TPSA) is 96.2 Å². The number of aliphatic hydroxyl groups excluding tert-OH is 1. The summed E-state index contributed by atoms with van der Waals surface area (Å²) in [5, 5.41) is 9.36. The van der Waals surface area contributed by atoms with Crippen LogP contribution in [0.25, 0.3) is 0 Å². The van der Waals surface area contributed by atoms with Gasteiger partial charge in [-0.15, -0.1) is 0 Å². The van der Waals surface area contributed by atoms with Crippen molar-refractivity contribution >= 4 is 7.82 Å². The molecule has 18 heavy (non-hydrogen) atoms. The first-order chi connectivity index (χ1) is 8.47. The highest BCUT2D eigenvalue weighted by Crippen LogP contribution is 2.35. The molecule has 6 nitrogen and oxygen atoms in total. The van der Waals surface area contributed by atoms with Gasteiger partial charge in [0, 0.05) is 6.61 Å². The molecule has 3 N–H and O–H groups in total. The molecule has 0 saturated heterocycles. The summed E-state index contributed by atoms with van der Waals surface area (Å²) >= 11 is 0. The van der Waals surface area contributed by atoms with Gasteiger partial charge in [-0.2, -0.15) is 0 Å². The van der Waals surface area contributed by atoms with E-state index >= 15 is 0 Å². The van der Waals surface area contributed by atoms with Crippen molar-refractivity contribution in [1.29, 1.82) is 0 Å². The highest BCUT2D eigenvalue weighted by atomic mass is 31.2. The number of benzene rings is 1. The molecule has 7 heteroatoms. The van der Waals surface area contributed by atoms with Gasteiger partial charge in [0.15, 0.2) is 0 Å². The number of hydrogen-bond acceptors (Lipinski definition) is 4. The third kappa shape index (κ3) is 7.55. The molecule has 0 aliphatic carbocycles. The fourth-order valence-electron chi connectivity index (χ4n) is 1.25. The average Bonchev–Trinajstić information content (AvgIpc) is 2.33. The van der Waals surface area contributed by atoms with Crippen molar-refractivity contribution < 1.29 is 28.7 Å². The molecule has 102 valence electrons. The summed E-state index contributed by atoms with van der Waals surface area (Å²) in [7, 11) is -4.51. The lowest BCUT2D eigenvalue weighted by Crippen LogP contribution is -2.16. The van der Waals surface area contributed by atoms with Gasteiger partial charge in [0.1, 0.15) is 0 Å². The SMILES string of the molecule is O=P(O)(O)OCC(O)CCOCc1ccccc1. The highest BCUT2D eigenvalue weighted by molar-refractivity contribution is 7.46. The third-order valence-corrected chi connectivity index (χ3v) is 2.63. The number of ether oxygens (including phenoxy) is 1. The molecule has 1 aromatic carbocycles. The van der Waals surface area contributed by atoms with Gasteiger partial charge in [-0.05, 0) is 12.0 Å². The molecular formula is C11H17O6P. The average molecular weight is 276 g/mol. The Morgan fingerprint density at radius 2 is 1.89 bits per heavy atom. The van der Waals surface area contributed by atoms with Crippen molar-refractivity contribution in [3.63, 3.8) is 0 Å². The number of phosphoric acid groups is 1. The lowest BCUT2D eigenvalue weighted by Gasteiger charge is -2.11. The summed E-state index contributed by atoms with van der Waals surface area (Å²) in [6.45, 7) is 0.326. The number of phosphoric ester groups is 1. The van der Waals surface area contributed by atoms with Crippen molar-refractivity contribution in [1.82, 2.24) is 0 Å². The Morgan fingerprint density at radius 3 is 2.50 bits per heavy atom. The minimum atomic E-state index is -4.51. The van der Waals surface area contributed by atoms with Gasteiger partial charge < -0.3 is 19.6 Å². The van der Waals surface area contributed by atoms with Crippen LogP contribution in [0.15, 0.2) is 30.3 Å². The van der Waals surface area contributed by atoms with E-state index in [1.165, 1.54) is 0 Å². The minimum absolute atomic E-state index is 0.257. The van der Waals surface area contributed by atoms with E-state index in [9.17, 15) is 9.67 Å². The second-order valence-electron chi connectivity index (χ2n) is 3.77. The van der Waals surface area contributed by atoms with Gasteiger partial charge in [-0.3, -0.25) is 4.52 Å². The highest BCUT2D eigenvalue weighted by Gasteiger charge is 2.16. The minimum Gasteiger partial charge on any atom is -0.391 e. The zero-order valence-electron chi connectivity index (χ0n) is 9.81. The maximum atomic E-state index is 10.4. The molecule has 0 aliphatic rings. The Bertz CT molecular complexity index is 376.